The lowest BCUT2D eigenvalue weighted by Crippen LogP contribution is -2.30. The van der Waals surface area contributed by atoms with Crippen molar-refractivity contribution in [2.24, 2.45) is 0 Å². The van der Waals surface area contributed by atoms with Crippen molar-refractivity contribution in [3.05, 3.63) is 65.2 Å². The number of hydrogen-bond donors (Lipinski definition) is 1. The molecule has 1 amide bonds. The molecular weight excluding hydrogens is 386 g/mol. The lowest BCUT2D eigenvalue weighted by Gasteiger charge is -2.18. The minimum Gasteiger partial charge on any atom is -0.423 e. The second kappa shape index (κ2) is 9.25. The van der Waals surface area contributed by atoms with Crippen LogP contribution in [0.5, 0.6) is 5.75 Å². The molecule has 0 bridgehead atoms. The summed E-state index contributed by atoms with van der Waals surface area (Å²) in [7, 11) is -2.70. The van der Waals surface area contributed by atoms with Crippen molar-refractivity contribution in [2.75, 3.05) is 19.3 Å². The van der Waals surface area contributed by atoms with Crippen LogP contribution in [0.3, 0.4) is 0 Å². The Bertz CT molecular complexity index is 971. The highest BCUT2D eigenvalue weighted by atomic mass is 32.2. The van der Waals surface area contributed by atoms with Gasteiger partial charge in [-0.05, 0) is 30.7 Å². The number of rotatable bonds is 8. The van der Waals surface area contributed by atoms with E-state index in [4.69, 9.17) is 9.29 Å². The number of benzene rings is 2. The topological polar surface area (TPSA) is 118 Å². The van der Waals surface area contributed by atoms with Crippen LogP contribution in [0.4, 0.5) is 0 Å². The van der Waals surface area contributed by atoms with Crippen molar-refractivity contribution in [3.63, 3.8) is 0 Å². The third-order valence-electron chi connectivity index (χ3n) is 3.84. The third kappa shape index (κ3) is 6.00. The Kier molecular flexibility index (Phi) is 7.02. The van der Waals surface area contributed by atoms with E-state index in [1.165, 1.54) is 30.1 Å². The van der Waals surface area contributed by atoms with Crippen LogP contribution in [-0.4, -0.2) is 55.4 Å². The van der Waals surface area contributed by atoms with Gasteiger partial charge in [0.25, 0.3) is 16.0 Å². The van der Waals surface area contributed by atoms with E-state index >= 15 is 0 Å². The molecule has 2 aromatic rings. The number of para-hydroxylation sites is 1. The maximum absolute atomic E-state index is 12.6. The molecule has 0 fully saturated rings. The molecule has 2 aromatic carbocycles. The summed E-state index contributed by atoms with van der Waals surface area (Å²) in [5, 5.41) is 0. The second-order valence-electron chi connectivity index (χ2n) is 5.99. The van der Waals surface area contributed by atoms with Gasteiger partial charge in [0.1, 0.15) is 5.75 Å². The van der Waals surface area contributed by atoms with E-state index in [2.05, 4.69) is 0 Å². The molecule has 0 aliphatic carbocycles. The summed E-state index contributed by atoms with van der Waals surface area (Å²) in [5.41, 5.74) is 0.166. The molecule has 8 nitrogen and oxygen atoms in total. The van der Waals surface area contributed by atoms with Gasteiger partial charge in [-0.25, -0.2) is 4.79 Å². The molecule has 0 atom stereocenters. The summed E-state index contributed by atoms with van der Waals surface area (Å²) in [6.45, 7) is 0.0373. The molecule has 0 spiro atoms. The average Bonchev–Trinajstić information content (AvgIpc) is 2.66. The minimum atomic E-state index is -4.13. The lowest BCUT2D eigenvalue weighted by atomic mass is 10.0. The molecule has 28 heavy (non-hydrogen) atoms. The largest absolute Gasteiger partial charge is 0.423 e. The van der Waals surface area contributed by atoms with Crippen LogP contribution < -0.4 is 4.74 Å². The predicted octanol–water partition coefficient (Wildman–Crippen LogP) is 2.07. The quantitative estimate of drug-likeness (QED) is 0.309. The van der Waals surface area contributed by atoms with Crippen LogP contribution in [0.25, 0.3) is 0 Å². The predicted molar refractivity (Wildman–Crippen MR) is 101 cm³/mol. The fraction of sp³-hybridized carbons (Fsp3) is 0.211. The highest BCUT2D eigenvalue weighted by molar-refractivity contribution is 7.85. The Balaban J connectivity index is 2.18. The zero-order chi connectivity index (χ0) is 20.7. The van der Waals surface area contributed by atoms with Gasteiger partial charge in [0.05, 0.1) is 16.9 Å². The van der Waals surface area contributed by atoms with Gasteiger partial charge in [-0.2, -0.15) is 8.42 Å². The second-order valence-corrected chi connectivity index (χ2v) is 7.56. The van der Waals surface area contributed by atoms with Crippen LogP contribution in [-0.2, 0) is 10.1 Å². The van der Waals surface area contributed by atoms with E-state index in [0.29, 0.717) is 12.0 Å². The first-order valence-corrected chi connectivity index (χ1v) is 9.89. The smallest absolute Gasteiger partial charge is 0.343 e. The summed E-state index contributed by atoms with van der Waals surface area (Å²) in [6.07, 6.45) is 0.513. The van der Waals surface area contributed by atoms with Gasteiger partial charge in [-0.15, -0.1) is 0 Å². The molecule has 0 aromatic heterocycles. The molecule has 0 saturated carbocycles. The van der Waals surface area contributed by atoms with Crippen LogP contribution in [0.1, 0.15) is 37.5 Å². The standard InChI is InChI=1S/C19H19NO7S/c1-20(10-5-11-28(24,25)26)18(22)17-12-14(8-9-15(17)13-21)19(23)27-16-6-3-2-4-7-16/h2-4,6-9,12-13H,5,10-11H2,1H3,(H,24,25,26). The Morgan fingerprint density at radius 3 is 2.43 bits per heavy atom. The number of esters is 1. The number of amides is 1. The van der Waals surface area contributed by atoms with E-state index in [9.17, 15) is 22.8 Å². The molecule has 0 aliphatic heterocycles. The fourth-order valence-electron chi connectivity index (χ4n) is 2.42. The number of hydrogen-bond acceptors (Lipinski definition) is 6. The SMILES string of the molecule is CN(CCCS(=O)(=O)O)C(=O)c1cc(C(=O)Oc2ccccc2)ccc1C=O. The molecule has 1 N–H and O–H groups in total. The molecule has 2 rings (SSSR count). The zero-order valence-electron chi connectivity index (χ0n) is 15.1. The van der Waals surface area contributed by atoms with Crippen LogP contribution in [0.2, 0.25) is 0 Å². The lowest BCUT2D eigenvalue weighted by molar-refractivity contribution is 0.0734. The van der Waals surface area contributed by atoms with Gasteiger partial charge < -0.3 is 9.64 Å². The first-order valence-electron chi connectivity index (χ1n) is 8.28. The van der Waals surface area contributed by atoms with Crippen molar-refractivity contribution >= 4 is 28.3 Å². The number of carbonyl (C=O) groups is 3. The van der Waals surface area contributed by atoms with Gasteiger partial charge in [0.2, 0.25) is 0 Å². The van der Waals surface area contributed by atoms with Crippen LogP contribution >= 0.6 is 0 Å². The summed E-state index contributed by atoms with van der Waals surface area (Å²) in [4.78, 5) is 37.4. The number of carbonyl (C=O) groups excluding carboxylic acids is 3. The summed E-state index contributed by atoms with van der Waals surface area (Å²) < 4.78 is 35.5. The molecule has 0 radical (unpaired) electrons. The van der Waals surface area contributed by atoms with Crippen molar-refractivity contribution in [3.8, 4) is 5.75 Å². The molecule has 9 heteroatoms. The third-order valence-corrected chi connectivity index (χ3v) is 4.65. The maximum atomic E-state index is 12.6. The van der Waals surface area contributed by atoms with Crippen molar-refractivity contribution < 1.29 is 32.1 Å². The van der Waals surface area contributed by atoms with Crippen LogP contribution in [0.15, 0.2) is 48.5 Å². The van der Waals surface area contributed by atoms with Crippen molar-refractivity contribution in [2.45, 2.75) is 6.42 Å². The van der Waals surface area contributed by atoms with Gasteiger partial charge >= 0.3 is 5.97 Å². The normalized spacial score (nSPS) is 10.9. The van der Waals surface area contributed by atoms with E-state index in [0.717, 1.165) is 0 Å². The first-order chi connectivity index (χ1) is 13.2. The molecule has 0 saturated heterocycles. The molecule has 0 heterocycles. The summed E-state index contributed by atoms with van der Waals surface area (Å²) in [5.74, 6) is -1.41. The van der Waals surface area contributed by atoms with Crippen molar-refractivity contribution in [1.82, 2.24) is 4.90 Å². The van der Waals surface area contributed by atoms with Crippen molar-refractivity contribution in [1.29, 1.82) is 0 Å². The first kappa shape index (κ1) is 21.3. The van der Waals surface area contributed by atoms with E-state index in [1.807, 2.05) is 0 Å². The minimum absolute atomic E-state index is 0.00753. The molecule has 148 valence electrons. The van der Waals surface area contributed by atoms with Gasteiger partial charge in [0, 0.05) is 19.2 Å². The molecule has 0 unspecified atom stereocenters. The molecular formula is C19H19NO7S. The average molecular weight is 405 g/mol. The molecule has 0 aliphatic rings. The fourth-order valence-corrected chi connectivity index (χ4v) is 2.91. The van der Waals surface area contributed by atoms with E-state index in [1.54, 1.807) is 30.3 Å². The number of ether oxygens (including phenoxy) is 1. The van der Waals surface area contributed by atoms with Gasteiger partial charge in [0.15, 0.2) is 6.29 Å². The van der Waals surface area contributed by atoms with Gasteiger partial charge in [-0.3, -0.25) is 14.1 Å². The highest BCUT2D eigenvalue weighted by Crippen LogP contribution is 2.16. The summed E-state index contributed by atoms with van der Waals surface area (Å²) >= 11 is 0. The summed E-state index contributed by atoms with van der Waals surface area (Å²) in [6, 6.07) is 12.4. The Morgan fingerprint density at radius 2 is 1.82 bits per heavy atom. The van der Waals surface area contributed by atoms with E-state index < -0.39 is 27.7 Å². The number of aldehydes is 1. The zero-order valence-corrected chi connectivity index (χ0v) is 15.9. The Labute approximate surface area is 162 Å². The maximum Gasteiger partial charge on any atom is 0.343 e. The number of nitrogens with zero attached hydrogens (tertiary/aromatic N) is 1. The highest BCUT2D eigenvalue weighted by Gasteiger charge is 2.19. The Morgan fingerprint density at radius 1 is 1.14 bits per heavy atom. The Hall–Kier alpha value is -3.04. The van der Waals surface area contributed by atoms with E-state index in [-0.39, 0.29) is 29.7 Å². The van der Waals surface area contributed by atoms with Crippen LogP contribution in [0, 0.1) is 0 Å². The monoisotopic (exact) mass is 405 g/mol. The van der Waals surface area contributed by atoms with Gasteiger partial charge in [-0.1, -0.05) is 24.3 Å².